The first-order valence-electron chi connectivity index (χ1n) is 7.64. The molecule has 1 amide bonds. The Labute approximate surface area is 137 Å². The molecule has 0 fully saturated rings. The number of carbonyl (C=O) groups is 1. The van der Waals surface area contributed by atoms with Gasteiger partial charge < -0.3 is 15.6 Å². The molecule has 0 unspecified atom stereocenters. The molecule has 3 aromatic rings. The fourth-order valence-corrected chi connectivity index (χ4v) is 3.07. The van der Waals surface area contributed by atoms with Crippen molar-refractivity contribution in [2.45, 2.75) is 13.0 Å². The predicted octanol–water partition coefficient (Wildman–Crippen LogP) is 1.10. The average molecular weight is 321 g/mol. The lowest BCUT2D eigenvalue weighted by molar-refractivity contribution is 0.0735. The predicted molar refractivity (Wildman–Crippen MR) is 89.5 cm³/mol. The molecule has 0 bridgehead atoms. The van der Waals surface area contributed by atoms with Crippen LogP contribution in [0, 0.1) is 0 Å². The van der Waals surface area contributed by atoms with Crippen molar-refractivity contribution in [3.8, 4) is 0 Å². The van der Waals surface area contributed by atoms with Gasteiger partial charge in [-0.15, -0.1) is 5.10 Å². The lowest BCUT2D eigenvalue weighted by atomic mass is 10.0. The number of hydrogen-bond acceptors (Lipinski definition) is 5. The van der Waals surface area contributed by atoms with E-state index in [1.165, 1.54) is 6.07 Å². The number of H-pyrrole nitrogens is 1. The van der Waals surface area contributed by atoms with E-state index in [0.717, 1.165) is 16.6 Å². The van der Waals surface area contributed by atoms with Crippen LogP contribution in [0.4, 0.5) is 5.82 Å². The highest BCUT2D eigenvalue weighted by atomic mass is 16.2. The average Bonchev–Trinajstić information content (AvgIpc) is 2.59. The molecular formula is C17H15N5O2. The summed E-state index contributed by atoms with van der Waals surface area (Å²) in [4.78, 5) is 29.3. The number of carbonyl (C=O) groups excluding carboxylic acids is 1. The molecule has 4 rings (SSSR count). The highest BCUT2D eigenvalue weighted by molar-refractivity contribution is 6.06. The van der Waals surface area contributed by atoms with Gasteiger partial charge in [0.15, 0.2) is 0 Å². The van der Waals surface area contributed by atoms with Crippen molar-refractivity contribution in [2.24, 2.45) is 0 Å². The number of hydrogen-bond donors (Lipinski definition) is 2. The van der Waals surface area contributed by atoms with Crippen LogP contribution in [0.25, 0.3) is 10.9 Å². The Morgan fingerprint density at radius 2 is 2.04 bits per heavy atom. The Morgan fingerprint density at radius 1 is 1.21 bits per heavy atom. The quantitative estimate of drug-likeness (QED) is 0.698. The van der Waals surface area contributed by atoms with Crippen molar-refractivity contribution in [3.05, 3.63) is 63.6 Å². The first-order valence-corrected chi connectivity index (χ1v) is 7.64. The molecule has 0 saturated heterocycles. The van der Waals surface area contributed by atoms with Gasteiger partial charge in [0.2, 0.25) is 5.56 Å². The van der Waals surface area contributed by atoms with Crippen molar-refractivity contribution in [3.63, 3.8) is 0 Å². The molecule has 0 spiro atoms. The SMILES string of the molecule is Nc1cc2c(nn1)CCN(C(=O)c1cc(=O)[nH]c3ccccc13)C2. The van der Waals surface area contributed by atoms with Gasteiger partial charge >= 0.3 is 0 Å². The van der Waals surface area contributed by atoms with E-state index in [2.05, 4.69) is 15.2 Å². The number of pyridine rings is 1. The number of nitrogens with two attached hydrogens (primary N) is 1. The number of nitrogen functional groups attached to an aromatic ring is 1. The fraction of sp³-hybridized carbons (Fsp3) is 0.176. The number of aromatic amines is 1. The van der Waals surface area contributed by atoms with Gasteiger partial charge in [-0.1, -0.05) is 18.2 Å². The van der Waals surface area contributed by atoms with E-state index in [9.17, 15) is 9.59 Å². The summed E-state index contributed by atoms with van der Waals surface area (Å²) in [6.07, 6.45) is 0.621. The summed E-state index contributed by atoms with van der Waals surface area (Å²) in [7, 11) is 0. The largest absolute Gasteiger partial charge is 0.382 e. The maximum absolute atomic E-state index is 13.0. The molecule has 0 aliphatic carbocycles. The van der Waals surface area contributed by atoms with E-state index in [-0.39, 0.29) is 11.5 Å². The Morgan fingerprint density at radius 3 is 2.92 bits per heavy atom. The zero-order valence-corrected chi connectivity index (χ0v) is 12.8. The maximum Gasteiger partial charge on any atom is 0.255 e. The number of nitrogens with one attached hydrogen (secondary N) is 1. The molecule has 0 atom stereocenters. The van der Waals surface area contributed by atoms with E-state index in [4.69, 9.17) is 5.73 Å². The van der Waals surface area contributed by atoms with Crippen molar-refractivity contribution in [1.82, 2.24) is 20.1 Å². The molecule has 0 radical (unpaired) electrons. The van der Waals surface area contributed by atoms with Gasteiger partial charge in [0.05, 0.1) is 11.3 Å². The van der Waals surface area contributed by atoms with Gasteiger partial charge in [0.25, 0.3) is 5.91 Å². The monoisotopic (exact) mass is 321 g/mol. The number of nitrogens with zero attached hydrogens (tertiary/aromatic N) is 3. The Balaban J connectivity index is 1.74. The van der Waals surface area contributed by atoms with E-state index in [0.29, 0.717) is 36.4 Å². The number of benzene rings is 1. The molecule has 1 aromatic carbocycles. The smallest absolute Gasteiger partial charge is 0.255 e. The summed E-state index contributed by atoms with van der Waals surface area (Å²) >= 11 is 0. The third kappa shape index (κ3) is 2.40. The summed E-state index contributed by atoms with van der Waals surface area (Å²) in [5, 5.41) is 8.67. The van der Waals surface area contributed by atoms with Crippen LogP contribution in [-0.4, -0.2) is 32.5 Å². The maximum atomic E-state index is 13.0. The van der Waals surface area contributed by atoms with Crippen LogP contribution in [0.3, 0.4) is 0 Å². The van der Waals surface area contributed by atoms with Crippen LogP contribution in [-0.2, 0) is 13.0 Å². The summed E-state index contributed by atoms with van der Waals surface area (Å²) in [5.41, 5.74) is 8.23. The molecule has 7 nitrogen and oxygen atoms in total. The molecule has 3 N–H and O–H groups in total. The number of fused-ring (bicyclic) bond motifs is 2. The number of para-hydroxylation sites is 1. The number of amides is 1. The molecule has 0 saturated carbocycles. The van der Waals surface area contributed by atoms with Crippen molar-refractivity contribution >= 4 is 22.6 Å². The lowest BCUT2D eigenvalue weighted by Gasteiger charge is -2.28. The Kier molecular flexibility index (Phi) is 3.26. The van der Waals surface area contributed by atoms with Crippen molar-refractivity contribution in [2.75, 3.05) is 12.3 Å². The normalized spacial score (nSPS) is 13.8. The zero-order chi connectivity index (χ0) is 16.7. The molecular weight excluding hydrogens is 306 g/mol. The lowest BCUT2D eigenvalue weighted by Crippen LogP contribution is -2.37. The molecule has 1 aliphatic rings. The van der Waals surface area contributed by atoms with Crippen LogP contribution < -0.4 is 11.3 Å². The van der Waals surface area contributed by atoms with E-state index in [1.54, 1.807) is 17.0 Å². The first-order chi connectivity index (χ1) is 11.6. The highest BCUT2D eigenvalue weighted by Gasteiger charge is 2.24. The minimum atomic E-state index is -0.287. The zero-order valence-electron chi connectivity index (χ0n) is 12.8. The van der Waals surface area contributed by atoms with Gasteiger partial charge in [0, 0.05) is 36.5 Å². The molecule has 1 aliphatic heterocycles. The van der Waals surface area contributed by atoms with Gasteiger partial charge in [-0.25, -0.2) is 0 Å². The molecule has 120 valence electrons. The Hall–Kier alpha value is -3.22. The van der Waals surface area contributed by atoms with Gasteiger partial charge in [-0.2, -0.15) is 5.10 Å². The topological polar surface area (TPSA) is 105 Å². The summed E-state index contributed by atoms with van der Waals surface area (Å²) < 4.78 is 0. The van der Waals surface area contributed by atoms with E-state index >= 15 is 0 Å². The van der Waals surface area contributed by atoms with Gasteiger partial charge in [-0.3, -0.25) is 9.59 Å². The second kappa shape index (κ2) is 5.45. The van der Waals surface area contributed by atoms with Gasteiger partial charge in [-0.05, 0) is 17.7 Å². The molecule has 7 heteroatoms. The molecule has 24 heavy (non-hydrogen) atoms. The third-order valence-corrected chi connectivity index (χ3v) is 4.23. The standard InChI is InChI=1S/C17H15N5O2/c18-15-7-10-9-22(6-5-13(10)20-21-15)17(24)12-8-16(23)19-14-4-2-1-3-11(12)14/h1-4,7-8H,5-6,9H2,(H2,18,21)(H,19,23). The first kappa shape index (κ1) is 14.4. The number of anilines is 1. The fourth-order valence-electron chi connectivity index (χ4n) is 3.07. The van der Waals surface area contributed by atoms with Crippen LogP contribution in [0.5, 0.6) is 0 Å². The van der Waals surface area contributed by atoms with Crippen LogP contribution >= 0.6 is 0 Å². The number of rotatable bonds is 1. The Bertz CT molecular complexity index is 1010. The van der Waals surface area contributed by atoms with E-state index in [1.807, 2.05) is 18.2 Å². The van der Waals surface area contributed by atoms with Crippen LogP contribution in [0.15, 0.2) is 41.2 Å². The van der Waals surface area contributed by atoms with Gasteiger partial charge in [0.1, 0.15) is 5.82 Å². The van der Waals surface area contributed by atoms with E-state index < -0.39 is 0 Å². The highest BCUT2D eigenvalue weighted by Crippen LogP contribution is 2.22. The second-order valence-electron chi connectivity index (χ2n) is 5.81. The third-order valence-electron chi connectivity index (χ3n) is 4.23. The van der Waals surface area contributed by atoms with Crippen molar-refractivity contribution < 1.29 is 4.79 Å². The molecule has 2 aromatic heterocycles. The molecule has 3 heterocycles. The van der Waals surface area contributed by atoms with Crippen molar-refractivity contribution in [1.29, 1.82) is 0 Å². The van der Waals surface area contributed by atoms with Crippen LogP contribution in [0.1, 0.15) is 21.6 Å². The minimum Gasteiger partial charge on any atom is -0.382 e. The summed E-state index contributed by atoms with van der Waals surface area (Å²) in [6, 6.07) is 10.4. The summed E-state index contributed by atoms with van der Waals surface area (Å²) in [5.74, 6) is 0.169. The minimum absolute atomic E-state index is 0.168. The van der Waals surface area contributed by atoms with Crippen LogP contribution in [0.2, 0.25) is 0 Å². The number of aromatic nitrogens is 3. The summed E-state index contributed by atoms with van der Waals surface area (Å²) in [6.45, 7) is 0.945. The second-order valence-corrected chi connectivity index (χ2v) is 5.81.